The van der Waals surface area contributed by atoms with E-state index < -0.39 is 0 Å². The molecule has 0 heterocycles. The summed E-state index contributed by atoms with van der Waals surface area (Å²) in [6.07, 6.45) is 15.0. The molecular formula is C27H35FeIO2. The van der Waals surface area contributed by atoms with Crippen LogP contribution in [0.5, 0.6) is 11.5 Å². The Labute approximate surface area is 212 Å². The third kappa shape index (κ3) is 8.14. The van der Waals surface area contributed by atoms with Crippen LogP contribution in [0.3, 0.4) is 0 Å². The fourth-order valence-electron chi connectivity index (χ4n) is 4.74. The number of allylic oxidation sites excluding steroid dienone is 1. The predicted molar refractivity (Wildman–Crippen MR) is 135 cm³/mol. The van der Waals surface area contributed by atoms with Crippen molar-refractivity contribution < 1.29 is 27.3 Å². The molecule has 0 saturated heterocycles. The van der Waals surface area contributed by atoms with Gasteiger partial charge in [-0.1, -0.05) is 97.4 Å². The van der Waals surface area contributed by atoms with Gasteiger partial charge in [0.2, 0.25) is 0 Å². The van der Waals surface area contributed by atoms with Gasteiger partial charge in [-0.05, 0) is 77.0 Å². The molecule has 0 bridgehead atoms. The summed E-state index contributed by atoms with van der Waals surface area (Å²) in [4.78, 5) is 0. The van der Waals surface area contributed by atoms with Gasteiger partial charge in [0, 0.05) is 17.1 Å². The first kappa shape index (κ1) is 26.3. The quantitative estimate of drug-likeness (QED) is 0.207. The number of hydrogen-bond acceptors (Lipinski definition) is 2. The van der Waals surface area contributed by atoms with Crippen LogP contribution in [0.25, 0.3) is 5.57 Å². The van der Waals surface area contributed by atoms with E-state index in [4.69, 9.17) is 0 Å². The number of phenolic OH excluding ortho intramolecular Hbond substituents is 2. The first-order valence-corrected chi connectivity index (χ1v) is 13.1. The van der Waals surface area contributed by atoms with Crippen molar-refractivity contribution >= 4 is 28.2 Å². The topological polar surface area (TPSA) is 40.5 Å². The zero-order valence-corrected chi connectivity index (χ0v) is 21.6. The number of rotatable bonds is 6. The average molecular weight is 574 g/mol. The molecule has 2 aromatic carbocycles. The molecule has 0 unspecified atom stereocenters. The van der Waals surface area contributed by atoms with Crippen molar-refractivity contribution in [2.24, 2.45) is 5.92 Å². The second kappa shape index (κ2) is 14.2. The Balaban J connectivity index is 0.000000501. The van der Waals surface area contributed by atoms with Crippen LogP contribution in [-0.2, 0) is 17.1 Å². The molecule has 0 radical (unpaired) electrons. The van der Waals surface area contributed by atoms with E-state index in [1.165, 1.54) is 69.8 Å². The monoisotopic (exact) mass is 574 g/mol. The summed E-state index contributed by atoms with van der Waals surface area (Å²) < 4.78 is 1.16. The Morgan fingerprint density at radius 2 is 1.13 bits per heavy atom. The van der Waals surface area contributed by atoms with E-state index in [-0.39, 0.29) is 17.1 Å². The van der Waals surface area contributed by atoms with E-state index >= 15 is 0 Å². The first-order chi connectivity index (χ1) is 14.7. The van der Waals surface area contributed by atoms with Crippen LogP contribution >= 0.6 is 22.6 Å². The third-order valence-electron chi connectivity index (χ3n) is 6.31. The number of alkyl halides is 1. The Morgan fingerprint density at radius 3 is 1.52 bits per heavy atom. The van der Waals surface area contributed by atoms with Crippen LogP contribution in [-0.4, -0.2) is 14.6 Å². The summed E-state index contributed by atoms with van der Waals surface area (Å²) in [5, 5.41) is 19.4. The minimum absolute atomic E-state index is 0. The van der Waals surface area contributed by atoms with E-state index in [0.717, 1.165) is 22.0 Å². The van der Waals surface area contributed by atoms with E-state index in [0.29, 0.717) is 17.4 Å². The van der Waals surface area contributed by atoms with Gasteiger partial charge in [0.25, 0.3) is 0 Å². The molecule has 170 valence electrons. The largest absolute Gasteiger partial charge is 0.508 e. The Kier molecular flexibility index (Phi) is 12.1. The van der Waals surface area contributed by atoms with Gasteiger partial charge >= 0.3 is 0 Å². The molecule has 2 N–H and O–H groups in total. The molecule has 0 aliphatic heterocycles. The van der Waals surface area contributed by atoms with Gasteiger partial charge in [0.05, 0.1) is 0 Å². The van der Waals surface area contributed by atoms with E-state index in [9.17, 15) is 10.2 Å². The molecule has 2 aliphatic rings. The molecule has 2 aliphatic carbocycles. The minimum atomic E-state index is 0. The van der Waals surface area contributed by atoms with Gasteiger partial charge in [-0.25, -0.2) is 0 Å². The molecule has 2 nitrogen and oxygen atoms in total. The second-order valence-electron chi connectivity index (χ2n) is 8.54. The van der Waals surface area contributed by atoms with Gasteiger partial charge in [0.15, 0.2) is 0 Å². The maximum Gasteiger partial charge on any atom is 0.115 e. The zero-order chi connectivity index (χ0) is 21.2. The summed E-state index contributed by atoms with van der Waals surface area (Å²) in [5.41, 5.74) is 5.14. The fourth-order valence-corrected chi connectivity index (χ4v) is 5.12. The van der Waals surface area contributed by atoms with E-state index in [1.807, 2.05) is 24.3 Å². The van der Waals surface area contributed by atoms with Crippen LogP contribution in [0, 0.1) is 5.92 Å². The molecule has 0 amide bonds. The Hall–Kier alpha value is -0.971. The van der Waals surface area contributed by atoms with Gasteiger partial charge in [-0.15, -0.1) is 0 Å². The standard InChI is InChI=1S/C22H25IO2.C5H10.Fe/c23-15-3-6-21(16-4-1-2-5-16)22(17-7-11-19(24)12-8-17)18-9-13-20(25)14-10-18;1-2-4-5-3-1;/h7-14,16,24-25H,1-6,15H2;1-5H2;. The van der Waals surface area contributed by atoms with Crippen molar-refractivity contribution in [1.29, 1.82) is 0 Å². The molecule has 31 heavy (non-hydrogen) atoms. The fraction of sp³-hybridized carbons (Fsp3) is 0.481. The SMILES string of the molecule is C1CCCC1.Oc1ccc(C(=C(CCCI)C2CCCC2)c2ccc(O)cc2)cc1.[Fe]. The molecule has 0 aromatic heterocycles. The van der Waals surface area contributed by atoms with Crippen molar-refractivity contribution in [3.63, 3.8) is 0 Å². The number of halogens is 1. The molecule has 2 aromatic rings. The van der Waals surface area contributed by atoms with E-state index in [2.05, 4.69) is 22.6 Å². The summed E-state index contributed by atoms with van der Waals surface area (Å²) in [6.45, 7) is 0. The van der Waals surface area contributed by atoms with Gasteiger partial charge in [-0.3, -0.25) is 0 Å². The van der Waals surface area contributed by atoms with Crippen molar-refractivity contribution in [2.75, 3.05) is 4.43 Å². The van der Waals surface area contributed by atoms with Crippen LogP contribution in [0.1, 0.15) is 81.8 Å². The van der Waals surface area contributed by atoms with Gasteiger partial charge in [-0.2, -0.15) is 0 Å². The van der Waals surface area contributed by atoms with Gasteiger partial charge in [0.1, 0.15) is 11.5 Å². The number of hydrogen-bond donors (Lipinski definition) is 2. The minimum Gasteiger partial charge on any atom is -0.508 e. The van der Waals surface area contributed by atoms with Crippen LogP contribution in [0.4, 0.5) is 0 Å². The molecule has 2 fully saturated rings. The summed E-state index contributed by atoms with van der Waals surface area (Å²) in [6, 6.07) is 15.1. The third-order valence-corrected chi connectivity index (χ3v) is 7.07. The molecule has 4 heteroatoms. The van der Waals surface area contributed by atoms with Crippen LogP contribution in [0.15, 0.2) is 54.1 Å². The normalized spacial score (nSPS) is 15.6. The molecular weight excluding hydrogens is 539 g/mol. The van der Waals surface area contributed by atoms with Crippen molar-refractivity contribution in [2.45, 2.75) is 70.6 Å². The van der Waals surface area contributed by atoms with Gasteiger partial charge < -0.3 is 10.2 Å². The second-order valence-corrected chi connectivity index (χ2v) is 9.61. The number of phenols is 2. The zero-order valence-electron chi connectivity index (χ0n) is 18.3. The van der Waals surface area contributed by atoms with E-state index in [1.54, 1.807) is 29.8 Å². The van der Waals surface area contributed by atoms with Crippen molar-refractivity contribution in [3.8, 4) is 11.5 Å². The number of benzene rings is 2. The first-order valence-electron chi connectivity index (χ1n) is 11.6. The molecule has 4 rings (SSSR count). The number of aromatic hydroxyl groups is 2. The summed E-state index contributed by atoms with van der Waals surface area (Å²) in [7, 11) is 0. The Bertz CT molecular complexity index is 734. The molecule has 0 atom stereocenters. The van der Waals surface area contributed by atoms with Crippen LogP contribution < -0.4 is 0 Å². The summed E-state index contributed by atoms with van der Waals surface area (Å²) in [5.74, 6) is 1.24. The van der Waals surface area contributed by atoms with Crippen LogP contribution in [0.2, 0.25) is 0 Å². The maximum atomic E-state index is 9.69. The predicted octanol–water partition coefficient (Wildman–Crippen LogP) is 8.25. The smallest absolute Gasteiger partial charge is 0.115 e. The molecule has 0 spiro atoms. The molecule has 2 saturated carbocycles. The van der Waals surface area contributed by atoms with Crippen molar-refractivity contribution in [3.05, 3.63) is 65.2 Å². The van der Waals surface area contributed by atoms with Crippen molar-refractivity contribution in [1.82, 2.24) is 0 Å². The Morgan fingerprint density at radius 1 is 0.710 bits per heavy atom. The maximum absolute atomic E-state index is 9.69. The summed E-state index contributed by atoms with van der Waals surface area (Å²) >= 11 is 2.46. The average Bonchev–Trinajstić information content (AvgIpc) is 3.50.